The minimum atomic E-state index is -0.926. The van der Waals surface area contributed by atoms with E-state index in [4.69, 9.17) is 55.5 Å². The van der Waals surface area contributed by atoms with Crippen LogP contribution in [-0.2, 0) is 51.4 Å². The van der Waals surface area contributed by atoms with E-state index in [1.807, 2.05) is 141 Å². The number of aliphatic hydroxyl groups is 1. The maximum atomic E-state index is 14.2. The van der Waals surface area contributed by atoms with Gasteiger partial charge in [0.1, 0.15) is 53.7 Å². The number of ether oxygens (including phenoxy) is 2. The van der Waals surface area contributed by atoms with Crippen LogP contribution in [0.3, 0.4) is 0 Å². The second-order valence-corrected chi connectivity index (χ2v) is 34.9. The molecule has 7 atom stereocenters. The number of carbonyl (C=O) groups is 6. The highest BCUT2D eigenvalue weighted by Gasteiger charge is 2.45. The fourth-order valence-corrected chi connectivity index (χ4v) is 15.8. The number of nitrogens with zero attached hydrogens (tertiary/aromatic N) is 17. The molecule has 6 N–H and O–H groups in total. The molecule has 4 fully saturated rings. The van der Waals surface area contributed by atoms with Crippen LogP contribution in [0.15, 0.2) is 113 Å². The largest absolute Gasteiger partial charge is 0.459 e. The second-order valence-electron chi connectivity index (χ2n) is 33.2. The molecule has 1 unspecified atom stereocenters. The van der Waals surface area contributed by atoms with E-state index in [2.05, 4.69) is 86.4 Å². The van der Waals surface area contributed by atoms with Crippen molar-refractivity contribution >= 4 is 92.8 Å². The molecule has 12 rings (SSSR count). The van der Waals surface area contributed by atoms with Crippen molar-refractivity contribution in [3.05, 3.63) is 170 Å². The predicted molar refractivity (Wildman–Crippen MR) is 466 cm³/mol. The minimum Gasteiger partial charge on any atom is -0.459 e. The third-order valence-corrected chi connectivity index (χ3v) is 22.8. The number of oxime groups is 2. The number of aromatic amines is 1. The average Bonchev–Trinajstić information content (AvgIpc) is 1.60. The van der Waals surface area contributed by atoms with Crippen LogP contribution in [0.1, 0.15) is 158 Å². The lowest BCUT2D eigenvalue weighted by Crippen LogP contribution is -2.59. The Morgan fingerprint density at radius 3 is 1.77 bits per heavy atom. The summed E-state index contributed by atoms with van der Waals surface area (Å²) in [5, 5.41) is 53.0. The molecule has 3 aromatic carbocycles. The summed E-state index contributed by atoms with van der Waals surface area (Å²) in [6, 6.07) is 22.7. The summed E-state index contributed by atoms with van der Waals surface area (Å²) >= 11 is 14.0. The van der Waals surface area contributed by atoms with Gasteiger partial charge in [-0.1, -0.05) is 103 Å². The van der Waals surface area contributed by atoms with Gasteiger partial charge in [-0.25, -0.2) is 19.4 Å². The van der Waals surface area contributed by atoms with E-state index < -0.39 is 35.1 Å². The van der Waals surface area contributed by atoms with Crippen molar-refractivity contribution < 1.29 is 53.0 Å². The number of aryl methyl sites for hydroxylation is 1. The number of hydrogen-bond acceptors (Lipinski definition) is 23. The number of aromatic nitrogens is 9. The van der Waals surface area contributed by atoms with E-state index in [0.29, 0.717) is 129 Å². The van der Waals surface area contributed by atoms with E-state index in [-0.39, 0.29) is 84.8 Å². The van der Waals surface area contributed by atoms with Crippen molar-refractivity contribution in [2.24, 2.45) is 15.7 Å². The van der Waals surface area contributed by atoms with Crippen LogP contribution in [0.5, 0.6) is 0 Å². The first-order valence-corrected chi connectivity index (χ1v) is 42.7. The zero-order valence-electron chi connectivity index (χ0n) is 71.2. The molecule has 0 saturated carbocycles. The number of aliphatic hydroxyl groups excluding tert-OH is 1. The first kappa shape index (κ1) is 91.9. The van der Waals surface area contributed by atoms with Crippen LogP contribution < -0.4 is 21.3 Å². The number of esters is 1. The summed E-state index contributed by atoms with van der Waals surface area (Å²) in [6.07, 6.45) is 5.36. The molecule has 0 bridgehead atoms. The molecule has 0 spiro atoms. The van der Waals surface area contributed by atoms with Crippen molar-refractivity contribution in [1.29, 1.82) is 0 Å². The Balaban J connectivity index is 0.000000251. The molecule has 36 heteroatoms. The lowest BCUT2D eigenvalue weighted by atomic mass is 9.85. The fraction of sp³-hybridized carbons (Fsp3) is 0.500. The van der Waals surface area contributed by atoms with Crippen molar-refractivity contribution in [3.63, 3.8) is 0 Å². The van der Waals surface area contributed by atoms with Gasteiger partial charge in [-0.3, -0.25) is 62.8 Å². The Bertz CT molecular complexity index is 5090. The van der Waals surface area contributed by atoms with Crippen LogP contribution in [0.4, 0.5) is 11.4 Å². The Kier molecular flexibility index (Phi) is 31.9. The lowest BCUT2D eigenvalue weighted by molar-refractivity contribution is -0.156. The van der Waals surface area contributed by atoms with E-state index in [9.17, 15) is 33.9 Å². The van der Waals surface area contributed by atoms with Crippen LogP contribution in [-0.4, -0.2) is 262 Å². The van der Waals surface area contributed by atoms with Crippen molar-refractivity contribution in [2.75, 3.05) is 105 Å². The molecule has 650 valence electrons. The molecule has 8 aromatic rings. The zero-order chi connectivity index (χ0) is 87.5. The summed E-state index contributed by atoms with van der Waals surface area (Å²) in [4.78, 5) is 114. The van der Waals surface area contributed by atoms with Gasteiger partial charge in [-0.15, -0.1) is 11.3 Å². The maximum Gasteiger partial charge on any atom is 0.320 e. The smallest absolute Gasteiger partial charge is 0.320 e. The Morgan fingerprint density at radius 2 is 1.24 bits per heavy atom. The predicted octanol–water partition coefficient (Wildman–Crippen LogP) is 10.6. The molecule has 33 nitrogen and oxygen atoms in total. The van der Waals surface area contributed by atoms with Crippen molar-refractivity contribution in [3.8, 4) is 33.0 Å². The SMILES string of the molecule is [C-]#[N+]c1ccc(-c2ccn(C[C@H](C)NC(=O)c3cc(/C(C)=N/OCCN4CCN(CC(=O)N[C@H](C(=O)N5C[C@H](O)C[C@H]5C(=O)N[C@@H](C)c5ccc(-c6scnc6C)cc5)C(C)(C)C)CC4)n[nH]3)n2)cc1Cl.[C-]#[N+]c1ccc(-c2ccn(C[C@H](C)NC(=O)c3cc(/C(C)=N/OCCN4CCN(CC(=O)OC(C)(C)C)CC4)n(C4CCCCO4)n3)n2)cc1Cl. The molecule has 9 heterocycles. The van der Waals surface area contributed by atoms with Gasteiger partial charge in [0.2, 0.25) is 29.1 Å². The average molecular weight is 1730 g/mol. The number of nitrogens with one attached hydrogen (secondary N) is 5. The summed E-state index contributed by atoms with van der Waals surface area (Å²) in [5.41, 5.74) is 10.1. The number of halogens is 2. The molecule has 0 radical (unpaired) electrons. The van der Waals surface area contributed by atoms with Gasteiger partial charge in [0.05, 0.1) is 84.6 Å². The number of benzene rings is 3. The number of carbonyl (C=O) groups excluding carboxylic acids is 6. The summed E-state index contributed by atoms with van der Waals surface area (Å²) < 4.78 is 16.7. The highest BCUT2D eigenvalue weighted by atomic mass is 35.5. The van der Waals surface area contributed by atoms with E-state index >= 15 is 0 Å². The van der Waals surface area contributed by atoms with Gasteiger partial charge >= 0.3 is 5.97 Å². The number of β-amino-alcohol motifs (C(OH)–C–C–N with tert-alkyl or cyclic N) is 1. The number of thiazole rings is 1. The molecular formula is C86H110Cl2N22O11S. The Hall–Kier alpha value is -10.8. The highest BCUT2D eigenvalue weighted by molar-refractivity contribution is 7.13. The van der Waals surface area contributed by atoms with Gasteiger partial charge in [-0.2, -0.15) is 20.4 Å². The number of H-pyrrole nitrogens is 1. The Morgan fingerprint density at radius 1 is 0.680 bits per heavy atom. The monoisotopic (exact) mass is 1730 g/mol. The standard InChI is InChI=1S/C50H62ClN13O6S.C36H48ClN9O5/c1-30(26-63-16-15-39(59-63)36-13-14-40(52-8)38(51)23-36)54-47(67)42-25-41(57-58-42)32(3)60-70-22-21-61-17-19-62(20-18-61)28-44(66)56-46(50(5,6)7)49(69)64-27-37(65)24-43(64)48(68)55-31(2)34-9-11-35(12-10-34)45-33(4)53-29-71-45;1-25(23-45-13-12-29(40-45)27-10-11-30(38-6)28(37)21-27)39-35(48)31-22-32(46(41-31)33-9-7-8-19-49-33)26(2)42-50-20-18-43-14-16-44(17-15-43)24-34(47)51-36(3,4)5/h9-16,23,25,29-31,37,43,46,65H,17-22,24,26-28H2,1-7H3,(H,54,67)(H,55,68)(H,56,66)(H,57,58);10-13,21-22,25,33H,7-9,14-20,23-24H2,1-5H3,(H,39,48)/b60-32+;42-26+/t30-,31-,37+,43-,46+;25-,33?/m00/s1. The molecule has 4 aliphatic rings. The van der Waals surface area contributed by atoms with E-state index in [1.54, 1.807) is 74.8 Å². The summed E-state index contributed by atoms with van der Waals surface area (Å²) in [5.74, 6) is -1.90. The number of hydrogen-bond donors (Lipinski definition) is 6. The Labute approximate surface area is 725 Å². The normalized spacial score (nSPS) is 18.1. The summed E-state index contributed by atoms with van der Waals surface area (Å²) in [7, 11) is 0. The molecular weight excluding hydrogens is 1620 g/mol. The first-order valence-electron chi connectivity index (χ1n) is 41.1. The molecule has 0 aliphatic carbocycles. The van der Waals surface area contributed by atoms with Gasteiger partial charge in [0.25, 0.3) is 11.8 Å². The molecule has 5 amide bonds. The highest BCUT2D eigenvalue weighted by Crippen LogP contribution is 2.34. The van der Waals surface area contributed by atoms with Gasteiger partial charge in [-0.05, 0) is 135 Å². The lowest BCUT2D eigenvalue weighted by Gasteiger charge is -2.37. The van der Waals surface area contributed by atoms with Crippen molar-refractivity contribution in [1.82, 2.24) is 90.3 Å². The van der Waals surface area contributed by atoms with Gasteiger partial charge < -0.3 is 50.4 Å². The minimum absolute atomic E-state index is 0.00623. The zero-order valence-corrected chi connectivity index (χ0v) is 73.5. The number of likely N-dealkylation sites (tertiary alicyclic amines) is 1. The van der Waals surface area contributed by atoms with Gasteiger partial charge in [0.15, 0.2) is 11.9 Å². The van der Waals surface area contributed by atoms with Crippen molar-refractivity contribution in [2.45, 2.75) is 170 Å². The fourth-order valence-electron chi connectivity index (χ4n) is 14.6. The number of rotatable bonds is 31. The van der Waals surface area contributed by atoms with Gasteiger partial charge in [0, 0.05) is 131 Å². The van der Waals surface area contributed by atoms with E-state index in [1.165, 1.54) is 4.90 Å². The van der Waals surface area contributed by atoms with Crippen LogP contribution in [0.25, 0.3) is 42.6 Å². The number of piperazine rings is 2. The third kappa shape index (κ3) is 25.7. The van der Waals surface area contributed by atoms with Crippen LogP contribution in [0.2, 0.25) is 10.0 Å². The molecule has 4 aliphatic heterocycles. The van der Waals surface area contributed by atoms with E-state index in [0.717, 1.165) is 84.0 Å². The second kappa shape index (κ2) is 42.3. The molecule has 122 heavy (non-hydrogen) atoms. The third-order valence-electron chi connectivity index (χ3n) is 21.2. The topological polar surface area (TPSA) is 352 Å². The number of amides is 5. The molecule has 5 aromatic heterocycles. The van der Waals surface area contributed by atoms with Crippen LogP contribution in [0, 0.1) is 25.5 Å². The quantitative estimate of drug-likeness (QED) is 0.00773. The van der Waals surface area contributed by atoms with Crippen LogP contribution >= 0.6 is 34.5 Å². The first-order chi connectivity index (χ1) is 58.2. The summed E-state index contributed by atoms with van der Waals surface area (Å²) in [6.45, 7) is 46.6. The molecule has 4 saturated heterocycles. The maximum absolute atomic E-state index is 14.2.